The van der Waals surface area contributed by atoms with Gasteiger partial charge >= 0.3 is 0 Å². The molecule has 1 amide bonds. The van der Waals surface area contributed by atoms with Gasteiger partial charge < -0.3 is 10.6 Å². The van der Waals surface area contributed by atoms with Gasteiger partial charge in [0.05, 0.1) is 11.6 Å². The minimum atomic E-state index is -0.568. The molecular formula is C14H16ClFN2O2. The summed E-state index contributed by atoms with van der Waals surface area (Å²) in [6.07, 6.45) is 1.56. The Morgan fingerprint density at radius 3 is 2.70 bits per heavy atom. The van der Waals surface area contributed by atoms with Crippen LogP contribution in [-0.4, -0.2) is 31.3 Å². The molecule has 0 spiro atoms. The molecule has 0 bridgehead atoms. The predicted octanol–water partition coefficient (Wildman–Crippen LogP) is 1.78. The van der Waals surface area contributed by atoms with Crippen LogP contribution >= 0.6 is 11.6 Å². The maximum Gasteiger partial charge on any atom is 0.223 e. The normalized spacial score (nSPS) is 15.9. The summed E-state index contributed by atoms with van der Waals surface area (Å²) in [6.45, 7) is 1.55. The molecule has 1 fully saturated rings. The maximum atomic E-state index is 13.0. The van der Waals surface area contributed by atoms with E-state index >= 15 is 0 Å². The molecule has 0 aromatic heterocycles. The second kappa shape index (κ2) is 6.81. The van der Waals surface area contributed by atoms with Crippen molar-refractivity contribution in [3.63, 3.8) is 0 Å². The first kappa shape index (κ1) is 14.9. The Morgan fingerprint density at radius 2 is 2.05 bits per heavy atom. The highest BCUT2D eigenvalue weighted by Crippen LogP contribution is 2.16. The second-order valence-electron chi connectivity index (χ2n) is 4.79. The van der Waals surface area contributed by atoms with Gasteiger partial charge in [0.15, 0.2) is 5.78 Å². The monoisotopic (exact) mass is 298 g/mol. The lowest BCUT2D eigenvalue weighted by Crippen LogP contribution is -2.40. The van der Waals surface area contributed by atoms with Crippen molar-refractivity contribution in [3.8, 4) is 0 Å². The lowest BCUT2D eigenvalue weighted by molar-refractivity contribution is -0.125. The molecule has 1 aromatic carbocycles. The number of carbonyl (C=O) groups is 2. The van der Waals surface area contributed by atoms with Crippen LogP contribution in [0, 0.1) is 11.7 Å². The fraction of sp³-hybridized carbons (Fsp3) is 0.429. The average molecular weight is 299 g/mol. The number of amides is 1. The number of piperidine rings is 1. The fourth-order valence-corrected chi connectivity index (χ4v) is 2.35. The quantitative estimate of drug-likeness (QED) is 0.833. The third-order valence-corrected chi connectivity index (χ3v) is 3.66. The van der Waals surface area contributed by atoms with Crippen molar-refractivity contribution >= 4 is 23.3 Å². The molecular weight excluding hydrogens is 283 g/mol. The van der Waals surface area contributed by atoms with Gasteiger partial charge in [-0.15, -0.1) is 0 Å². The Hall–Kier alpha value is -1.46. The van der Waals surface area contributed by atoms with Crippen LogP contribution in [0.25, 0.3) is 0 Å². The first-order chi connectivity index (χ1) is 9.58. The number of benzene rings is 1. The number of hydrogen-bond donors (Lipinski definition) is 2. The molecule has 0 radical (unpaired) electrons. The van der Waals surface area contributed by atoms with E-state index in [1.54, 1.807) is 0 Å². The summed E-state index contributed by atoms with van der Waals surface area (Å²) in [5.41, 5.74) is 0.294. The summed E-state index contributed by atoms with van der Waals surface area (Å²) in [7, 11) is 0. The van der Waals surface area contributed by atoms with Gasteiger partial charge in [0, 0.05) is 11.5 Å². The zero-order valence-electron chi connectivity index (χ0n) is 10.9. The van der Waals surface area contributed by atoms with Crippen molar-refractivity contribution in [1.29, 1.82) is 0 Å². The third-order valence-electron chi connectivity index (χ3n) is 3.37. The smallest absolute Gasteiger partial charge is 0.223 e. The maximum absolute atomic E-state index is 13.0. The van der Waals surface area contributed by atoms with Crippen LogP contribution in [0.15, 0.2) is 18.2 Å². The van der Waals surface area contributed by atoms with Gasteiger partial charge in [-0.1, -0.05) is 11.6 Å². The van der Waals surface area contributed by atoms with Gasteiger partial charge in [0.25, 0.3) is 0 Å². The number of carbonyl (C=O) groups excluding carboxylic acids is 2. The molecule has 108 valence electrons. The van der Waals surface area contributed by atoms with Crippen molar-refractivity contribution in [1.82, 2.24) is 10.6 Å². The highest BCUT2D eigenvalue weighted by molar-refractivity contribution is 6.31. The van der Waals surface area contributed by atoms with Crippen molar-refractivity contribution in [2.45, 2.75) is 12.8 Å². The Labute approximate surface area is 121 Å². The van der Waals surface area contributed by atoms with Crippen LogP contribution in [0.4, 0.5) is 4.39 Å². The molecule has 1 saturated heterocycles. The lowest BCUT2D eigenvalue weighted by Gasteiger charge is -2.21. The number of rotatable bonds is 4. The molecule has 1 aliphatic heterocycles. The Morgan fingerprint density at radius 1 is 1.35 bits per heavy atom. The van der Waals surface area contributed by atoms with Crippen molar-refractivity contribution in [3.05, 3.63) is 34.6 Å². The fourth-order valence-electron chi connectivity index (χ4n) is 2.17. The molecule has 0 aliphatic carbocycles. The van der Waals surface area contributed by atoms with Gasteiger partial charge in [0.1, 0.15) is 5.82 Å². The number of halogens is 2. The second-order valence-corrected chi connectivity index (χ2v) is 5.20. The van der Waals surface area contributed by atoms with E-state index in [-0.39, 0.29) is 29.2 Å². The standard InChI is InChI=1S/C14H16ClFN2O2/c15-11-7-10(1-2-12(11)16)13(19)8-18-14(20)9-3-5-17-6-4-9/h1-2,7,9,17H,3-6,8H2,(H,18,20). The minimum Gasteiger partial charge on any atom is -0.348 e. The van der Waals surface area contributed by atoms with E-state index in [9.17, 15) is 14.0 Å². The molecule has 1 aromatic rings. The first-order valence-corrected chi connectivity index (χ1v) is 6.92. The molecule has 2 rings (SSSR count). The Kier molecular flexibility index (Phi) is 5.09. The zero-order valence-corrected chi connectivity index (χ0v) is 11.7. The topological polar surface area (TPSA) is 58.2 Å². The SMILES string of the molecule is O=C(CNC(=O)C1CCNCC1)c1ccc(F)c(Cl)c1. The summed E-state index contributed by atoms with van der Waals surface area (Å²) in [5.74, 6) is -0.995. The summed E-state index contributed by atoms with van der Waals surface area (Å²) < 4.78 is 13.0. The Balaban J connectivity index is 1.88. The van der Waals surface area contributed by atoms with Crippen LogP contribution in [0.3, 0.4) is 0 Å². The van der Waals surface area contributed by atoms with Gasteiger partial charge in [-0.25, -0.2) is 4.39 Å². The molecule has 1 heterocycles. The van der Waals surface area contributed by atoms with E-state index in [2.05, 4.69) is 10.6 Å². The molecule has 0 unspecified atom stereocenters. The average Bonchev–Trinajstić information content (AvgIpc) is 2.48. The van der Waals surface area contributed by atoms with E-state index in [1.807, 2.05) is 0 Å². The molecule has 4 nitrogen and oxygen atoms in total. The molecule has 0 atom stereocenters. The first-order valence-electron chi connectivity index (χ1n) is 6.54. The van der Waals surface area contributed by atoms with E-state index < -0.39 is 5.82 Å². The van der Waals surface area contributed by atoms with Crippen LogP contribution in [0.2, 0.25) is 5.02 Å². The van der Waals surface area contributed by atoms with Gasteiger partial charge in [0.2, 0.25) is 5.91 Å². The highest BCUT2D eigenvalue weighted by atomic mass is 35.5. The summed E-state index contributed by atoms with van der Waals surface area (Å²) in [5, 5.41) is 5.71. The highest BCUT2D eigenvalue weighted by Gasteiger charge is 2.21. The molecule has 1 aliphatic rings. The van der Waals surface area contributed by atoms with E-state index in [0.29, 0.717) is 5.56 Å². The predicted molar refractivity (Wildman–Crippen MR) is 74.3 cm³/mol. The van der Waals surface area contributed by atoms with E-state index in [4.69, 9.17) is 11.6 Å². The van der Waals surface area contributed by atoms with Crippen molar-refractivity contribution < 1.29 is 14.0 Å². The van der Waals surface area contributed by atoms with E-state index in [1.165, 1.54) is 12.1 Å². The zero-order chi connectivity index (χ0) is 14.5. The van der Waals surface area contributed by atoms with Crippen LogP contribution < -0.4 is 10.6 Å². The molecule has 6 heteroatoms. The number of hydrogen-bond acceptors (Lipinski definition) is 3. The summed E-state index contributed by atoms with van der Waals surface area (Å²) in [6, 6.07) is 3.78. The molecule has 2 N–H and O–H groups in total. The van der Waals surface area contributed by atoms with Gasteiger partial charge in [-0.3, -0.25) is 9.59 Å². The van der Waals surface area contributed by atoms with Crippen LogP contribution in [0.1, 0.15) is 23.2 Å². The minimum absolute atomic E-state index is 0.0409. The van der Waals surface area contributed by atoms with Crippen molar-refractivity contribution in [2.75, 3.05) is 19.6 Å². The number of Topliss-reactive ketones (excluding diaryl/α,β-unsaturated/α-hetero) is 1. The van der Waals surface area contributed by atoms with Crippen molar-refractivity contribution in [2.24, 2.45) is 5.92 Å². The Bertz CT molecular complexity index is 516. The lowest BCUT2D eigenvalue weighted by atomic mass is 9.97. The molecule has 0 saturated carbocycles. The van der Waals surface area contributed by atoms with Gasteiger partial charge in [-0.2, -0.15) is 0 Å². The number of nitrogens with one attached hydrogen (secondary N) is 2. The largest absolute Gasteiger partial charge is 0.348 e. The van der Waals surface area contributed by atoms with Gasteiger partial charge in [-0.05, 0) is 44.1 Å². The van der Waals surface area contributed by atoms with E-state index in [0.717, 1.165) is 32.0 Å². The van der Waals surface area contributed by atoms with Crippen LogP contribution in [0.5, 0.6) is 0 Å². The number of ketones is 1. The third kappa shape index (κ3) is 3.77. The van der Waals surface area contributed by atoms with Crippen LogP contribution in [-0.2, 0) is 4.79 Å². The summed E-state index contributed by atoms with van der Waals surface area (Å²) in [4.78, 5) is 23.8. The molecule has 20 heavy (non-hydrogen) atoms. The summed E-state index contributed by atoms with van der Waals surface area (Å²) >= 11 is 5.62.